The zero-order chi connectivity index (χ0) is 46.0. The Morgan fingerprint density at radius 1 is 0.571 bits per heavy atom. The van der Waals surface area contributed by atoms with E-state index in [1.165, 1.54) is 41.2 Å². The lowest BCUT2D eigenvalue weighted by Crippen LogP contribution is -2.34. The van der Waals surface area contributed by atoms with Crippen molar-refractivity contribution in [3.8, 4) is 22.3 Å². The Morgan fingerprint density at radius 2 is 0.952 bits per heavy atom. The van der Waals surface area contributed by atoms with Crippen molar-refractivity contribution in [2.45, 2.75) is 124 Å². The first-order chi connectivity index (χ1) is 29.3. The Balaban J connectivity index is 0.000000190. The molecule has 0 spiro atoms. The van der Waals surface area contributed by atoms with Gasteiger partial charge in [0.2, 0.25) is 5.91 Å². The number of carbonyl (C=O) groups excluding carboxylic acids is 5. The molecule has 2 heterocycles. The van der Waals surface area contributed by atoms with Gasteiger partial charge in [-0.1, -0.05) is 79.7 Å². The Labute approximate surface area is 379 Å². The van der Waals surface area contributed by atoms with Crippen LogP contribution in [-0.4, -0.2) is 28.2 Å². The molecule has 4 aromatic carbocycles. The standard InChI is InChI=1S/C27H30N2O3S.C25H28N2O2S/c1-15-11-20-21(27(5,6)10-9-26(20,3)4)14-18(15)19-12-17(7-8-22(19)28-16(2)30)13-23-24(31)29-25(32)33-23;1-14-10-18-19(25(4,5)9-8-24(18,2)3)13-16(14)17-11-15(6-7-20(17)26)12-21-22(28)27-23(29)30-21/h7-8,11-14H,9-10H2,1-6H3,(H,28,30)(H,29,31,32);6-7,10-13H,8-9,26H2,1-5H3,(H,27,28,29)/b23-13-;21-12-. The molecule has 5 amide bonds. The van der Waals surface area contributed by atoms with Crippen molar-refractivity contribution in [2.75, 3.05) is 11.1 Å². The molecule has 0 aromatic heterocycles. The van der Waals surface area contributed by atoms with Crippen LogP contribution in [0.5, 0.6) is 0 Å². The number of hydrogen-bond donors (Lipinski definition) is 4. The van der Waals surface area contributed by atoms with Crippen LogP contribution < -0.4 is 21.7 Å². The molecule has 2 fully saturated rings. The largest absolute Gasteiger partial charge is 0.398 e. The number of fused-ring (bicyclic) bond motifs is 2. The second-order valence-corrected chi connectivity index (χ2v) is 22.0. The molecule has 2 aliphatic heterocycles. The molecule has 2 saturated heterocycles. The summed E-state index contributed by atoms with van der Waals surface area (Å²) >= 11 is 1.82. The first kappa shape index (κ1) is 45.6. The SMILES string of the molecule is CC(=O)Nc1ccc(/C=C2\SC(=O)NC2=O)cc1-c1cc2c(cc1C)C(C)(C)CCC2(C)C.Cc1cc2c(cc1-c1cc(/C=C3\SC(=O)NC3=O)ccc1N)C(C)(C)CCC2(C)C. The smallest absolute Gasteiger partial charge is 0.290 e. The Morgan fingerprint density at radius 3 is 1.35 bits per heavy atom. The quantitative estimate of drug-likeness (QED) is 0.114. The Hall–Kier alpha value is -5.39. The molecule has 5 N–H and O–H groups in total. The molecule has 0 bridgehead atoms. The molecule has 328 valence electrons. The summed E-state index contributed by atoms with van der Waals surface area (Å²) in [5.41, 5.74) is 21.8. The highest BCUT2D eigenvalue weighted by Crippen LogP contribution is 2.50. The van der Waals surface area contributed by atoms with Gasteiger partial charge in [-0.15, -0.1) is 0 Å². The molecule has 0 atom stereocenters. The van der Waals surface area contributed by atoms with Crippen LogP contribution in [0.3, 0.4) is 0 Å². The maximum atomic E-state index is 12.0. The average molecular weight is 883 g/mol. The van der Waals surface area contributed by atoms with Crippen LogP contribution in [0.1, 0.15) is 133 Å². The number of amides is 5. The van der Waals surface area contributed by atoms with E-state index in [1.54, 1.807) is 12.2 Å². The lowest BCUT2D eigenvalue weighted by molar-refractivity contribution is -0.116. The van der Waals surface area contributed by atoms with Gasteiger partial charge in [0, 0.05) is 29.4 Å². The second kappa shape index (κ2) is 16.6. The van der Waals surface area contributed by atoms with Crippen LogP contribution >= 0.6 is 23.5 Å². The summed E-state index contributed by atoms with van der Waals surface area (Å²) < 4.78 is 0. The summed E-state index contributed by atoms with van der Waals surface area (Å²) in [6.45, 7) is 24.2. The van der Waals surface area contributed by atoms with Crippen molar-refractivity contribution >= 4 is 75.3 Å². The third kappa shape index (κ3) is 9.32. The van der Waals surface area contributed by atoms with E-state index in [4.69, 9.17) is 5.73 Å². The van der Waals surface area contributed by atoms with Crippen molar-refractivity contribution < 1.29 is 24.0 Å². The van der Waals surface area contributed by atoms with E-state index in [1.807, 2.05) is 36.4 Å². The molecule has 11 heteroatoms. The van der Waals surface area contributed by atoms with Crippen LogP contribution in [-0.2, 0) is 36.0 Å². The molecule has 0 radical (unpaired) electrons. The van der Waals surface area contributed by atoms with E-state index in [0.29, 0.717) is 15.5 Å². The molecule has 9 nitrogen and oxygen atoms in total. The number of carbonyl (C=O) groups is 5. The molecule has 8 rings (SSSR count). The zero-order valence-corrected chi connectivity index (χ0v) is 39.8. The third-order valence-corrected chi connectivity index (χ3v) is 14.9. The number of hydrogen-bond acceptors (Lipinski definition) is 8. The fourth-order valence-electron chi connectivity index (χ4n) is 9.24. The predicted octanol–water partition coefficient (Wildman–Crippen LogP) is 12.2. The van der Waals surface area contributed by atoms with E-state index < -0.39 is 0 Å². The Bertz CT molecular complexity index is 2700. The van der Waals surface area contributed by atoms with E-state index >= 15 is 0 Å². The topological polar surface area (TPSA) is 147 Å². The number of aryl methyl sites for hydroxylation is 2. The van der Waals surface area contributed by atoms with Crippen molar-refractivity contribution in [3.05, 3.63) is 115 Å². The minimum absolute atomic E-state index is 0.0556. The Kier molecular flexibility index (Phi) is 12.0. The molecule has 63 heavy (non-hydrogen) atoms. The van der Waals surface area contributed by atoms with Gasteiger partial charge in [-0.3, -0.25) is 34.6 Å². The molecule has 0 saturated carbocycles. The highest BCUT2D eigenvalue weighted by molar-refractivity contribution is 8.18. The molecule has 4 aliphatic rings. The number of anilines is 2. The molecule has 2 aliphatic carbocycles. The average Bonchev–Trinajstić information content (AvgIpc) is 3.69. The third-order valence-electron chi connectivity index (χ3n) is 13.3. The van der Waals surface area contributed by atoms with E-state index in [-0.39, 0.29) is 49.9 Å². The van der Waals surface area contributed by atoms with Gasteiger partial charge in [0.1, 0.15) is 0 Å². The van der Waals surface area contributed by atoms with Crippen LogP contribution in [0, 0.1) is 13.8 Å². The van der Waals surface area contributed by atoms with Crippen LogP contribution in [0.2, 0.25) is 0 Å². The van der Waals surface area contributed by atoms with Crippen molar-refractivity contribution in [2.24, 2.45) is 0 Å². The van der Waals surface area contributed by atoms with Crippen LogP contribution in [0.15, 0.2) is 70.5 Å². The lowest BCUT2D eigenvalue weighted by atomic mass is 9.62. The van der Waals surface area contributed by atoms with Gasteiger partial charge in [-0.25, -0.2) is 0 Å². The highest BCUT2D eigenvalue weighted by atomic mass is 32.2. The van der Waals surface area contributed by atoms with E-state index in [0.717, 1.165) is 87.4 Å². The minimum Gasteiger partial charge on any atom is -0.398 e. The molecule has 4 aromatic rings. The normalized spacial score (nSPS) is 20.4. The van der Waals surface area contributed by atoms with E-state index in [2.05, 4.69) is 109 Å². The molecular formula is C52H58N4O5S2. The van der Waals surface area contributed by atoms with Crippen LogP contribution in [0.4, 0.5) is 21.0 Å². The monoisotopic (exact) mass is 882 g/mol. The van der Waals surface area contributed by atoms with Gasteiger partial charge < -0.3 is 11.1 Å². The number of nitrogens with one attached hydrogen (secondary N) is 3. The summed E-state index contributed by atoms with van der Waals surface area (Å²) in [5, 5.41) is 6.84. The molecular weight excluding hydrogens is 825 g/mol. The maximum absolute atomic E-state index is 12.0. The molecule has 0 unspecified atom stereocenters. The first-order valence-corrected chi connectivity index (χ1v) is 23.1. The fourth-order valence-corrected chi connectivity index (χ4v) is 10.6. The van der Waals surface area contributed by atoms with Gasteiger partial charge in [-0.2, -0.15) is 0 Å². The van der Waals surface area contributed by atoms with Gasteiger partial charge in [0.25, 0.3) is 22.3 Å². The van der Waals surface area contributed by atoms with Crippen molar-refractivity contribution in [1.29, 1.82) is 0 Å². The number of rotatable bonds is 5. The number of benzene rings is 4. The van der Waals surface area contributed by atoms with Crippen LogP contribution in [0.25, 0.3) is 34.4 Å². The van der Waals surface area contributed by atoms with Gasteiger partial charge in [0.05, 0.1) is 9.81 Å². The van der Waals surface area contributed by atoms with Gasteiger partial charge >= 0.3 is 0 Å². The summed E-state index contributed by atoms with van der Waals surface area (Å²) in [6, 6.07) is 20.7. The summed E-state index contributed by atoms with van der Waals surface area (Å²) in [6.07, 6.45) is 8.04. The summed E-state index contributed by atoms with van der Waals surface area (Å²) in [7, 11) is 0. The number of nitrogen functional groups attached to an aromatic ring is 1. The zero-order valence-electron chi connectivity index (χ0n) is 38.2. The fraction of sp³-hybridized carbons (Fsp3) is 0.365. The van der Waals surface area contributed by atoms with Gasteiger partial charge in [0.15, 0.2) is 0 Å². The maximum Gasteiger partial charge on any atom is 0.290 e. The predicted molar refractivity (Wildman–Crippen MR) is 261 cm³/mol. The minimum atomic E-state index is -0.383. The lowest BCUT2D eigenvalue weighted by Gasteiger charge is -2.42. The summed E-state index contributed by atoms with van der Waals surface area (Å²) in [5.74, 6) is -0.875. The summed E-state index contributed by atoms with van der Waals surface area (Å²) in [4.78, 5) is 59.6. The van der Waals surface area contributed by atoms with Gasteiger partial charge in [-0.05, 0) is 189 Å². The highest BCUT2D eigenvalue weighted by Gasteiger charge is 2.39. The first-order valence-electron chi connectivity index (χ1n) is 21.5. The van der Waals surface area contributed by atoms with Crippen molar-refractivity contribution in [1.82, 2.24) is 10.6 Å². The number of thioether (sulfide) groups is 2. The van der Waals surface area contributed by atoms with E-state index in [9.17, 15) is 24.0 Å². The van der Waals surface area contributed by atoms with Crippen molar-refractivity contribution in [3.63, 3.8) is 0 Å². The second-order valence-electron chi connectivity index (χ2n) is 20.0. The number of nitrogens with two attached hydrogens (primary N) is 1. The number of imide groups is 2.